The van der Waals surface area contributed by atoms with Crippen molar-refractivity contribution in [2.75, 3.05) is 7.05 Å². The Morgan fingerprint density at radius 3 is 3.07 bits per heavy atom. The molecule has 1 heterocycles. The van der Waals surface area contributed by atoms with E-state index in [9.17, 15) is 0 Å². The zero-order chi connectivity index (χ0) is 10.3. The van der Waals surface area contributed by atoms with Crippen LogP contribution >= 0.6 is 11.8 Å². The molecular formula is C13H17NS. The number of thioether (sulfide) groups is 1. The van der Waals surface area contributed by atoms with Crippen molar-refractivity contribution < 1.29 is 0 Å². The first kappa shape index (κ1) is 9.73. The van der Waals surface area contributed by atoms with Crippen molar-refractivity contribution in [3.8, 4) is 0 Å². The molecule has 0 aromatic heterocycles. The monoisotopic (exact) mass is 220 g/mol. The first-order valence-electron chi connectivity index (χ1n) is 5.82. The third-order valence-corrected chi connectivity index (χ3v) is 5.45. The molecule has 1 aliphatic carbocycles. The van der Waals surface area contributed by atoms with E-state index in [-0.39, 0.29) is 5.54 Å². The van der Waals surface area contributed by atoms with E-state index in [0.717, 1.165) is 5.25 Å². The Balaban J connectivity index is 2.11. The van der Waals surface area contributed by atoms with E-state index in [1.165, 1.54) is 30.6 Å². The van der Waals surface area contributed by atoms with Gasteiger partial charge in [-0.15, -0.1) is 11.8 Å². The fraction of sp³-hybridized carbons (Fsp3) is 0.538. The van der Waals surface area contributed by atoms with Crippen LogP contribution in [0.1, 0.15) is 31.2 Å². The highest BCUT2D eigenvalue weighted by atomic mass is 32.2. The van der Waals surface area contributed by atoms with Crippen LogP contribution in [0.25, 0.3) is 0 Å². The van der Waals surface area contributed by atoms with Crippen LogP contribution in [0.15, 0.2) is 29.2 Å². The number of benzene rings is 1. The molecule has 1 N–H and O–H groups in total. The van der Waals surface area contributed by atoms with Crippen LogP contribution in [0.5, 0.6) is 0 Å². The second kappa shape index (κ2) is 3.53. The molecule has 2 unspecified atom stereocenters. The number of rotatable bonds is 1. The summed E-state index contributed by atoms with van der Waals surface area (Å²) in [5.41, 5.74) is 1.82. The molecule has 2 atom stereocenters. The minimum Gasteiger partial charge on any atom is -0.309 e. The fourth-order valence-corrected chi connectivity index (χ4v) is 4.81. The quantitative estimate of drug-likeness (QED) is 0.730. The van der Waals surface area contributed by atoms with Crippen LogP contribution < -0.4 is 5.32 Å². The largest absolute Gasteiger partial charge is 0.309 e. The third kappa shape index (κ3) is 1.28. The smallest absolute Gasteiger partial charge is 0.0567 e. The van der Waals surface area contributed by atoms with Crippen LogP contribution in [-0.4, -0.2) is 12.3 Å². The van der Waals surface area contributed by atoms with E-state index >= 15 is 0 Å². The van der Waals surface area contributed by atoms with Crippen molar-refractivity contribution >= 4 is 11.8 Å². The van der Waals surface area contributed by atoms with E-state index in [4.69, 9.17) is 0 Å². The lowest BCUT2D eigenvalue weighted by atomic mass is 9.77. The van der Waals surface area contributed by atoms with Crippen molar-refractivity contribution in [2.45, 2.75) is 41.4 Å². The lowest BCUT2D eigenvalue weighted by Crippen LogP contribution is -2.47. The van der Waals surface area contributed by atoms with Crippen molar-refractivity contribution in [3.63, 3.8) is 0 Å². The second-order valence-corrected chi connectivity index (χ2v) is 5.81. The molecule has 0 radical (unpaired) electrons. The molecule has 0 saturated heterocycles. The SMILES string of the molecule is [13CH3]NC12CCCCC1Sc1ccccc12. The summed E-state index contributed by atoms with van der Waals surface area (Å²) in [5, 5.41) is 4.37. The molecule has 80 valence electrons. The summed E-state index contributed by atoms with van der Waals surface area (Å²) in [7, 11) is 2.13. The van der Waals surface area contributed by atoms with E-state index in [0.29, 0.717) is 0 Å². The van der Waals surface area contributed by atoms with Crippen molar-refractivity contribution in [1.82, 2.24) is 5.32 Å². The summed E-state index contributed by atoms with van der Waals surface area (Å²) >= 11 is 2.08. The van der Waals surface area contributed by atoms with E-state index in [1.54, 1.807) is 5.56 Å². The molecular weight excluding hydrogens is 203 g/mol. The van der Waals surface area contributed by atoms with Gasteiger partial charge < -0.3 is 5.32 Å². The Bertz CT molecular complexity index is 377. The van der Waals surface area contributed by atoms with Gasteiger partial charge in [0, 0.05) is 10.1 Å². The molecule has 1 aromatic carbocycles. The van der Waals surface area contributed by atoms with Crippen molar-refractivity contribution in [2.24, 2.45) is 0 Å². The van der Waals surface area contributed by atoms with Gasteiger partial charge in [0.2, 0.25) is 0 Å². The number of hydrogen-bond donors (Lipinski definition) is 1. The zero-order valence-corrected chi connectivity index (χ0v) is 9.94. The highest BCUT2D eigenvalue weighted by molar-refractivity contribution is 8.00. The van der Waals surface area contributed by atoms with Gasteiger partial charge in [0.05, 0.1) is 5.54 Å². The minimum atomic E-state index is 0.277. The zero-order valence-electron chi connectivity index (χ0n) is 9.12. The topological polar surface area (TPSA) is 12.0 Å². The maximum atomic E-state index is 3.61. The van der Waals surface area contributed by atoms with E-state index in [1.807, 2.05) is 0 Å². The molecule has 0 bridgehead atoms. The van der Waals surface area contributed by atoms with Gasteiger partial charge in [0.15, 0.2) is 0 Å². The molecule has 3 rings (SSSR count). The normalized spacial score (nSPS) is 33.5. The number of fused-ring (bicyclic) bond motifs is 3. The predicted octanol–water partition coefficient (Wildman–Crippen LogP) is 3.15. The molecule has 1 aliphatic heterocycles. The Hall–Kier alpha value is -0.470. The Labute approximate surface area is 95.6 Å². The lowest BCUT2D eigenvalue weighted by molar-refractivity contribution is 0.265. The summed E-state index contributed by atoms with van der Waals surface area (Å²) in [6, 6.07) is 8.92. The van der Waals surface area contributed by atoms with Crippen LogP contribution in [0.4, 0.5) is 0 Å². The summed E-state index contributed by atoms with van der Waals surface area (Å²) < 4.78 is 0. The average Bonchev–Trinajstić information content (AvgIpc) is 2.64. The van der Waals surface area contributed by atoms with Gasteiger partial charge >= 0.3 is 0 Å². The molecule has 2 aliphatic rings. The Kier molecular flexibility index (Phi) is 2.29. The van der Waals surface area contributed by atoms with Gasteiger partial charge in [0.1, 0.15) is 0 Å². The summed E-state index contributed by atoms with van der Waals surface area (Å²) in [4.78, 5) is 1.50. The van der Waals surface area contributed by atoms with Gasteiger partial charge in [-0.1, -0.05) is 31.0 Å². The van der Waals surface area contributed by atoms with Crippen LogP contribution in [0.3, 0.4) is 0 Å². The predicted molar refractivity (Wildman–Crippen MR) is 65.3 cm³/mol. The third-order valence-electron chi connectivity index (χ3n) is 3.92. The molecule has 1 aromatic rings. The first-order valence-corrected chi connectivity index (χ1v) is 6.70. The van der Waals surface area contributed by atoms with Gasteiger partial charge in [0.25, 0.3) is 0 Å². The lowest BCUT2D eigenvalue weighted by Gasteiger charge is -2.39. The van der Waals surface area contributed by atoms with Crippen LogP contribution in [0, 0.1) is 0 Å². The molecule has 2 heteroatoms. The summed E-state index contributed by atoms with van der Waals surface area (Å²) in [6.45, 7) is 0. The highest BCUT2D eigenvalue weighted by Crippen LogP contribution is 2.54. The minimum absolute atomic E-state index is 0.277. The van der Waals surface area contributed by atoms with Gasteiger partial charge in [-0.25, -0.2) is 0 Å². The summed E-state index contributed by atoms with van der Waals surface area (Å²) in [5.74, 6) is 0. The average molecular weight is 220 g/mol. The molecule has 0 amide bonds. The molecule has 1 nitrogen and oxygen atoms in total. The van der Waals surface area contributed by atoms with Crippen molar-refractivity contribution in [3.05, 3.63) is 29.8 Å². The van der Waals surface area contributed by atoms with Gasteiger partial charge in [-0.3, -0.25) is 0 Å². The molecule has 1 fully saturated rings. The Morgan fingerprint density at radius 2 is 2.20 bits per heavy atom. The second-order valence-electron chi connectivity index (χ2n) is 4.57. The van der Waals surface area contributed by atoms with Crippen LogP contribution in [0.2, 0.25) is 0 Å². The maximum absolute atomic E-state index is 3.61. The van der Waals surface area contributed by atoms with Crippen LogP contribution in [-0.2, 0) is 5.54 Å². The van der Waals surface area contributed by atoms with E-state index in [2.05, 4.69) is 48.4 Å². The standard InChI is InChI=1S/C13H17NS/c1-14-13-9-5-4-8-12(13)15-11-7-3-2-6-10(11)13/h2-3,6-7,12,14H,4-5,8-9H2,1H3/i1+1. The first-order chi connectivity index (χ1) is 7.37. The highest BCUT2D eigenvalue weighted by Gasteiger charge is 2.47. The van der Waals surface area contributed by atoms with E-state index < -0.39 is 0 Å². The summed E-state index contributed by atoms with van der Waals surface area (Å²) in [6.07, 6.45) is 5.43. The van der Waals surface area contributed by atoms with Crippen molar-refractivity contribution in [1.29, 1.82) is 0 Å². The fourth-order valence-electron chi connectivity index (χ4n) is 3.12. The van der Waals surface area contributed by atoms with Gasteiger partial charge in [-0.2, -0.15) is 0 Å². The molecule has 0 spiro atoms. The molecule has 1 saturated carbocycles. The number of nitrogens with one attached hydrogen (secondary N) is 1. The van der Waals surface area contributed by atoms with Gasteiger partial charge in [-0.05, 0) is 31.5 Å². The number of hydrogen-bond acceptors (Lipinski definition) is 2. The Morgan fingerprint density at radius 1 is 1.33 bits per heavy atom. The maximum Gasteiger partial charge on any atom is 0.0567 e. The molecule has 15 heavy (non-hydrogen) atoms.